The zero-order valence-corrected chi connectivity index (χ0v) is 15.2. The lowest BCUT2D eigenvalue weighted by molar-refractivity contribution is 0.0339. The third-order valence-electron chi connectivity index (χ3n) is 4.70. The van der Waals surface area contributed by atoms with Gasteiger partial charge >= 0.3 is 6.03 Å². The number of amides is 2. The van der Waals surface area contributed by atoms with Crippen molar-refractivity contribution in [2.45, 2.75) is 19.0 Å². The van der Waals surface area contributed by atoms with Crippen LogP contribution in [0.2, 0.25) is 0 Å². The third-order valence-corrected chi connectivity index (χ3v) is 4.70. The molecule has 1 saturated heterocycles. The topological polar surface area (TPSA) is 53.6 Å². The molecule has 2 atom stereocenters. The van der Waals surface area contributed by atoms with Crippen LogP contribution in [0.25, 0.3) is 0 Å². The Kier molecular flexibility index (Phi) is 6.63. The summed E-state index contributed by atoms with van der Waals surface area (Å²) in [5.74, 6) is 0. The highest BCUT2D eigenvalue weighted by Gasteiger charge is 2.20. The average molecular weight is 353 g/mol. The quantitative estimate of drug-likeness (QED) is 0.839. The number of hydrogen-bond acceptors (Lipinski definition) is 3. The van der Waals surface area contributed by atoms with E-state index in [9.17, 15) is 4.79 Å². The number of nitrogens with one attached hydrogen (secondary N) is 2. The second-order valence-electron chi connectivity index (χ2n) is 6.63. The molecule has 0 aromatic heterocycles. The molecule has 1 aliphatic rings. The van der Waals surface area contributed by atoms with Gasteiger partial charge in [0.25, 0.3) is 0 Å². The summed E-state index contributed by atoms with van der Waals surface area (Å²) in [5, 5.41) is 6.19. The molecule has 0 saturated carbocycles. The molecular weight excluding hydrogens is 326 g/mol. The van der Waals surface area contributed by atoms with Crippen molar-refractivity contribution in [1.82, 2.24) is 15.5 Å². The Hall–Kier alpha value is -2.37. The van der Waals surface area contributed by atoms with Crippen molar-refractivity contribution < 1.29 is 9.53 Å². The monoisotopic (exact) mass is 353 g/mol. The highest BCUT2D eigenvalue weighted by molar-refractivity contribution is 5.75. The fraction of sp³-hybridized carbons (Fsp3) is 0.381. The van der Waals surface area contributed by atoms with E-state index >= 15 is 0 Å². The lowest BCUT2D eigenvalue weighted by atomic mass is 10.1. The van der Waals surface area contributed by atoms with E-state index in [1.54, 1.807) is 0 Å². The molecule has 5 heteroatoms. The Morgan fingerprint density at radius 2 is 1.54 bits per heavy atom. The van der Waals surface area contributed by atoms with Crippen molar-refractivity contribution in [3.05, 3.63) is 71.8 Å². The number of benzene rings is 2. The predicted molar refractivity (Wildman–Crippen MR) is 103 cm³/mol. The molecule has 0 spiro atoms. The molecule has 2 amide bonds. The maximum absolute atomic E-state index is 12.6. The van der Waals surface area contributed by atoms with Gasteiger partial charge in [0.05, 0.1) is 25.3 Å². The van der Waals surface area contributed by atoms with Crippen molar-refractivity contribution in [3.8, 4) is 0 Å². The van der Waals surface area contributed by atoms with Crippen molar-refractivity contribution >= 4 is 6.03 Å². The summed E-state index contributed by atoms with van der Waals surface area (Å²) in [6, 6.07) is 19.9. The maximum Gasteiger partial charge on any atom is 0.315 e. The molecule has 5 nitrogen and oxygen atoms in total. The smallest absolute Gasteiger partial charge is 0.315 e. The largest absolute Gasteiger partial charge is 0.379 e. The molecule has 26 heavy (non-hydrogen) atoms. The highest BCUT2D eigenvalue weighted by Crippen LogP contribution is 2.16. The lowest BCUT2D eigenvalue weighted by Gasteiger charge is -2.31. The normalized spacial score (nSPS) is 17.3. The minimum atomic E-state index is -0.150. The highest BCUT2D eigenvalue weighted by atomic mass is 16.5. The van der Waals surface area contributed by atoms with Gasteiger partial charge in [0.15, 0.2) is 0 Å². The van der Waals surface area contributed by atoms with Gasteiger partial charge in [-0.15, -0.1) is 0 Å². The summed E-state index contributed by atoms with van der Waals surface area (Å²) in [6.07, 6.45) is 0. The molecule has 0 unspecified atom stereocenters. The fourth-order valence-corrected chi connectivity index (χ4v) is 3.18. The Morgan fingerprint density at radius 1 is 0.962 bits per heavy atom. The first kappa shape index (κ1) is 18.4. The van der Waals surface area contributed by atoms with Gasteiger partial charge < -0.3 is 15.4 Å². The van der Waals surface area contributed by atoms with Crippen LogP contribution < -0.4 is 10.6 Å². The van der Waals surface area contributed by atoms with Crippen LogP contribution >= 0.6 is 0 Å². The van der Waals surface area contributed by atoms with Gasteiger partial charge in [-0.2, -0.15) is 0 Å². The SMILES string of the molecule is C[C@H](NC(=O)N[C@H](CN1CCOCC1)c1ccccc1)c1ccccc1. The molecule has 0 radical (unpaired) electrons. The van der Waals surface area contributed by atoms with E-state index in [-0.39, 0.29) is 18.1 Å². The lowest BCUT2D eigenvalue weighted by Crippen LogP contribution is -2.46. The van der Waals surface area contributed by atoms with Crippen LogP contribution in [0, 0.1) is 0 Å². The summed E-state index contributed by atoms with van der Waals surface area (Å²) in [6.45, 7) is 6.06. The first-order valence-electron chi connectivity index (χ1n) is 9.19. The van der Waals surface area contributed by atoms with Crippen LogP contribution in [0.1, 0.15) is 30.1 Å². The number of hydrogen-bond donors (Lipinski definition) is 2. The summed E-state index contributed by atoms with van der Waals surface area (Å²) >= 11 is 0. The Labute approximate surface area is 155 Å². The molecule has 3 rings (SSSR count). The van der Waals surface area contributed by atoms with Gasteiger partial charge in [-0.3, -0.25) is 4.90 Å². The van der Waals surface area contributed by atoms with Crippen molar-refractivity contribution in [1.29, 1.82) is 0 Å². The van der Waals surface area contributed by atoms with Gasteiger partial charge in [-0.05, 0) is 18.1 Å². The molecule has 2 aromatic rings. The first-order chi connectivity index (χ1) is 12.7. The molecule has 1 fully saturated rings. The van der Waals surface area contributed by atoms with E-state index in [0.717, 1.165) is 44.0 Å². The van der Waals surface area contributed by atoms with E-state index < -0.39 is 0 Å². The number of ether oxygens (including phenoxy) is 1. The van der Waals surface area contributed by atoms with Gasteiger partial charge in [-0.1, -0.05) is 60.7 Å². The van der Waals surface area contributed by atoms with Crippen molar-refractivity contribution in [2.24, 2.45) is 0 Å². The second kappa shape index (κ2) is 9.36. The van der Waals surface area contributed by atoms with Crippen LogP contribution in [-0.4, -0.2) is 43.8 Å². The molecule has 2 N–H and O–H groups in total. The standard InChI is InChI=1S/C21H27N3O2/c1-17(18-8-4-2-5-9-18)22-21(25)23-20(19-10-6-3-7-11-19)16-24-12-14-26-15-13-24/h2-11,17,20H,12-16H2,1H3,(H2,22,23,25)/t17-,20+/m0/s1. The van der Waals surface area contributed by atoms with Crippen LogP contribution in [0.4, 0.5) is 4.79 Å². The number of carbonyl (C=O) groups excluding carboxylic acids is 1. The van der Waals surface area contributed by atoms with Crippen LogP contribution in [0.5, 0.6) is 0 Å². The van der Waals surface area contributed by atoms with E-state index in [1.807, 2.05) is 55.5 Å². The second-order valence-corrected chi connectivity index (χ2v) is 6.63. The summed E-state index contributed by atoms with van der Waals surface area (Å²) in [4.78, 5) is 14.9. The number of nitrogens with zero attached hydrogens (tertiary/aromatic N) is 1. The minimum absolute atomic E-state index is 0.0454. The first-order valence-corrected chi connectivity index (χ1v) is 9.19. The van der Waals surface area contributed by atoms with Crippen LogP contribution in [0.3, 0.4) is 0 Å². The van der Waals surface area contributed by atoms with Crippen LogP contribution in [-0.2, 0) is 4.74 Å². The van der Waals surface area contributed by atoms with Gasteiger partial charge in [0, 0.05) is 19.6 Å². The average Bonchev–Trinajstić information content (AvgIpc) is 2.69. The molecule has 1 aliphatic heterocycles. The molecule has 1 heterocycles. The Bertz CT molecular complexity index is 672. The van der Waals surface area contributed by atoms with Crippen molar-refractivity contribution in [2.75, 3.05) is 32.8 Å². The maximum atomic E-state index is 12.6. The molecule has 0 bridgehead atoms. The molecule has 2 aromatic carbocycles. The number of carbonyl (C=O) groups is 1. The van der Waals surface area contributed by atoms with E-state index in [2.05, 4.69) is 27.7 Å². The Morgan fingerprint density at radius 3 is 2.15 bits per heavy atom. The zero-order chi connectivity index (χ0) is 18.2. The van der Waals surface area contributed by atoms with Gasteiger partial charge in [0.2, 0.25) is 0 Å². The fourth-order valence-electron chi connectivity index (χ4n) is 3.18. The zero-order valence-electron chi connectivity index (χ0n) is 15.2. The van der Waals surface area contributed by atoms with E-state index in [0.29, 0.717) is 0 Å². The summed E-state index contributed by atoms with van der Waals surface area (Å²) < 4.78 is 5.43. The van der Waals surface area contributed by atoms with Crippen LogP contribution in [0.15, 0.2) is 60.7 Å². The minimum Gasteiger partial charge on any atom is -0.379 e. The number of rotatable bonds is 6. The van der Waals surface area contributed by atoms with E-state index in [4.69, 9.17) is 4.74 Å². The third kappa shape index (κ3) is 5.31. The van der Waals surface area contributed by atoms with Crippen molar-refractivity contribution in [3.63, 3.8) is 0 Å². The molecular formula is C21H27N3O2. The number of urea groups is 1. The van der Waals surface area contributed by atoms with Gasteiger partial charge in [-0.25, -0.2) is 4.79 Å². The Balaban J connectivity index is 1.63. The van der Waals surface area contributed by atoms with Gasteiger partial charge in [0.1, 0.15) is 0 Å². The number of morpholine rings is 1. The summed E-state index contributed by atoms with van der Waals surface area (Å²) in [5.41, 5.74) is 2.20. The molecule has 0 aliphatic carbocycles. The molecule has 138 valence electrons. The predicted octanol–water partition coefficient (Wildman–Crippen LogP) is 3.12. The summed E-state index contributed by atoms with van der Waals surface area (Å²) in [7, 11) is 0. The van der Waals surface area contributed by atoms with E-state index in [1.165, 1.54) is 0 Å².